The van der Waals surface area contributed by atoms with E-state index in [9.17, 15) is 8.78 Å². The van der Waals surface area contributed by atoms with Gasteiger partial charge in [-0.15, -0.1) is 0 Å². The molecule has 2 heterocycles. The van der Waals surface area contributed by atoms with Gasteiger partial charge in [0.1, 0.15) is 0 Å². The number of pyridine rings is 1. The maximum atomic E-state index is 13.1. The fourth-order valence-electron chi connectivity index (χ4n) is 2.82. The number of nitrogens with zero attached hydrogens (tertiary/aromatic N) is 1. The summed E-state index contributed by atoms with van der Waals surface area (Å²) in [4.78, 5) is 4.17. The Morgan fingerprint density at radius 1 is 1.24 bits per heavy atom. The fraction of sp³-hybridized carbons (Fsp3) is 0.667. The van der Waals surface area contributed by atoms with Crippen molar-refractivity contribution in [1.82, 2.24) is 4.98 Å². The Hall–Kier alpha value is -1.01. The lowest BCUT2D eigenvalue weighted by Gasteiger charge is -2.32. The van der Waals surface area contributed by atoms with Gasteiger partial charge in [0.25, 0.3) is 6.43 Å². The molecule has 0 bridgehead atoms. The Labute approximate surface area is 124 Å². The van der Waals surface area contributed by atoms with Gasteiger partial charge in [-0.25, -0.2) is 8.78 Å². The molecule has 3 nitrogen and oxygen atoms in total. The van der Waals surface area contributed by atoms with Gasteiger partial charge in [-0.05, 0) is 46.2 Å². The van der Waals surface area contributed by atoms with Crippen molar-refractivity contribution in [2.45, 2.75) is 63.5 Å². The SMILES string of the molecule is CC1(C)OB(C2CC2c2ncccc2C(F)F)OC1(C)C. The van der Waals surface area contributed by atoms with Gasteiger partial charge in [0, 0.05) is 23.5 Å². The first-order valence-electron chi connectivity index (χ1n) is 7.31. The van der Waals surface area contributed by atoms with Crippen LogP contribution in [-0.2, 0) is 9.31 Å². The molecule has 3 rings (SSSR count). The summed E-state index contributed by atoms with van der Waals surface area (Å²) >= 11 is 0. The Kier molecular flexibility index (Phi) is 3.37. The molecule has 0 aromatic carbocycles. The predicted molar refractivity (Wildman–Crippen MR) is 76.4 cm³/mol. The summed E-state index contributed by atoms with van der Waals surface area (Å²) < 4.78 is 38.1. The number of halogens is 2. The van der Waals surface area contributed by atoms with Gasteiger partial charge in [-0.2, -0.15) is 0 Å². The first kappa shape index (κ1) is 14.9. The monoisotopic (exact) mass is 295 g/mol. The number of alkyl halides is 2. The van der Waals surface area contributed by atoms with Crippen molar-refractivity contribution in [2.75, 3.05) is 0 Å². The molecule has 114 valence electrons. The molecule has 0 radical (unpaired) electrons. The molecular formula is C15H20BF2NO2. The molecule has 1 aliphatic heterocycles. The predicted octanol–water partition coefficient (Wildman–Crippen LogP) is 3.97. The maximum Gasteiger partial charge on any atom is 0.461 e. The quantitative estimate of drug-likeness (QED) is 0.791. The van der Waals surface area contributed by atoms with Gasteiger partial charge in [-0.1, -0.05) is 0 Å². The molecule has 2 unspecified atom stereocenters. The second-order valence-corrected chi connectivity index (χ2v) is 6.91. The van der Waals surface area contributed by atoms with E-state index in [4.69, 9.17) is 9.31 Å². The molecule has 0 N–H and O–H groups in total. The van der Waals surface area contributed by atoms with E-state index in [2.05, 4.69) is 4.98 Å². The summed E-state index contributed by atoms with van der Waals surface area (Å²) in [6.45, 7) is 7.98. The molecule has 0 amide bonds. The van der Waals surface area contributed by atoms with Crippen molar-refractivity contribution in [3.05, 3.63) is 29.6 Å². The second-order valence-electron chi connectivity index (χ2n) is 6.91. The summed E-state index contributed by atoms with van der Waals surface area (Å²) in [6, 6.07) is 3.00. The molecule has 1 aromatic heterocycles. The molecular weight excluding hydrogens is 275 g/mol. The summed E-state index contributed by atoms with van der Waals surface area (Å²) in [5.41, 5.74) is -0.255. The lowest BCUT2D eigenvalue weighted by molar-refractivity contribution is 0.00578. The minimum atomic E-state index is -2.49. The summed E-state index contributed by atoms with van der Waals surface area (Å²) in [6.07, 6.45) is -0.137. The van der Waals surface area contributed by atoms with Gasteiger partial charge in [-0.3, -0.25) is 4.98 Å². The highest BCUT2D eigenvalue weighted by Crippen LogP contribution is 2.58. The first-order valence-corrected chi connectivity index (χ1v) is 7.31. The molecule has 2 aliphatic rings. The molecule has 21 heavy (non-hydrogen) atoms. The minimum absolute atomic E-state index is 0.00454. The van der Waals surface area contributed by atoms with Crippen molar-refractivity contribution in [3.8, 4) is 0 Å². The standard InChI is InChI=1S/C15H20BF2NO2/c1-14(2)15(3,4)21-16(20-14)11-8-10(11)12-9(13(17)18)6-5-7-19-12/h5-7,10-11,13H,8H2,1-4H3. The molecule has 2 fully saturated rings. The lowest BCUT2D eigenvalue weighted by Crippen LogP contribution is -2.41. The molecule has 1 aliphatic carbocycles. The molecule has 2 atom stereocenters. The molecule has 0 spiro atoms. The Morgan fingerprint density at radius 2 is 1.86 bits per heavy atom. The van der Waals surface area contributed by atoms with Crippen LogP contribution >= 0.6 is 0 Å². The van der Waals surface area contributed by atoms with Crippen LogP contribution in [-0.4, -0.2) is 23.3 Å². The van der Waals surface area contributed by atoms with Gasteiger partial charge in [0.15, 0.2) is 0 Å². The van der Waals surface area contributed by atoms with Crippen LogP contribution in [0.5, 0.6) is 0 Å². The highest BCUT2D eigenvalue weighted by Gasteiger charge is 2.60. The van der Waals surface area contributed by atoms with Gasteiger partial charge in [0.05, 0.1) is 16.9 Å². The Morgan fingerprint density at radius 3 is 2.43 bits per heavy atom. The van der Waals surface area contributed by atoms with Gasteiger partial charge >= 0.3 is 7.12 Å². The number of hydrogen-bond donors (Lipinski definition) is 0. The maximum absolute atomic E-state index is 13.1. The topological polar surface area (TPSA) is 31.4 Å². The van der Waals surface area contributed by atoms with E-state index in [-0.39, 0.29) is 35.6 Å². The van der Waals surface area contributed by atoms with E-state index in [0.29, 0.717) is 5.69 Å². The zero-order chi connectivity index (χ0) is 15.4. The van der Waals surface area contributed by atoms with Crippen molar-refractivity contribution >= 4 is 7.12 Å². The minimum Gasteiger partial charge on any atom is -0.403 e. The molecule has 1 saturated carbocycles. The normalized spacial score (nSPS) is 30.0. The van der Waals surface area contributed by atoms with Crippen LogP contribution < -0.4 is 0 Å². The lowest BCUT2D eigenvalue weighted by atomic mass is 9.80. The van der Waals surface area contributed by atoms with Gasteiger partial charge in [0.2, 0.25) is 0 Å². The molecule has 1 aromatic rings. The molecule has 1 saturated heterocycles. The van der Waals surface area contributed by atoms with Crippen molar-refractivity contribution < 1.29 is 18.1 Å². The average molecular weight is 295 g/mol. The number of rotatable bonds is 3. The zero-order valence-electron chi connectivity index (χ0n) is 12.8. The largest absolute Gasteiger partial charge is 0.461 e. The zero-order valence-corrected chi connectivity index (χ0v) is 12.8. The third-order valence-electron chi connectivity index (χ3n) is 4.92. The van der Waals surface area contributed by atoms with Crippen LogP contribution in [0.4, 0.5) is 8.78 Å². The van der Waals surface area contributed by atoms with Crippen LogP contribution in [0.25, 0.3) is 0 Å². The van der Waals surface area contributed by atoms with E-state index in [1.165, 1.54) is 6.07 Å². The highest BCUT2D eigenvalue weighted by molar-refractivity contribution is 6.49. The van der Waals surface area contributed by atoms with Crippen LogP contribution in [0.1, 0.15) is 57.7 Å². The van der Waals surface area contributed by atoms with E-state index < -0.39 is 6.43 Å². The Balaban J connectivity index is 1.77. The number of aromatic nitrogens is 1. The van der Waals surface area contributed by atoms with Crippen molar-refractivity contribution in [3.63, 3.8) is 0 Å². The summed E-state index contributed by atoms with van der Waals surface area (Å²) in [5.74, 6) is 0.114. The highest BCUT2D eigenvalue weighted by atomic mass is 19.3. The van der Waals surface area contributed by atoms with E-state index in [0.717, 1.165) is 6.42 Å². The average Bonchev–Trinajstić information content (AvgIpc) is 3.13. The van der Waals surface area contributed by atoms with E-state index >= 15 is 0 Å². The fourth-order valence-corrected chi connectivity index (χ4v) is 2.82. The summed E-state index contributed by atoms with van der Waals surface area (Å²) in [5, 5.41) is 0. The van der Waals surface area contributed by atoms with Gasteiger partial charge < -0.3 is 9.31 Å². The van der Waals surface area contributed by atoms with Crippen LogP contribution in [0.3, 0.4) is 0 Å². The summed E-state index contributed by atoms with van der Waals surface area (Å²) in [7, 11) is -0.340. The van der Waals surface area contributed by atoms with E-state index in [1.807, 2.05) is 27.7 Å². The van der Waals surface area contributed by atoms with Crippen molar-refractivity contribution in [2.24, 2.45) is 0 Å². The second kappa shape index (κ2) is 4.75. The third kappa shape index (κ3) is 2.48. The Bertz CT molecular complexity index is 534. The van der Waals surface area contributed by atoms with Crippen molar-refractivity contribution in [1.29, 1.82) is 0 Å². The van der Waals surface area contributed by atoms with Crippen LogP contribution in [0, 0.1) is 0 Å². The van der Waals surface area contributed by atoms with E-state index in [1.54, 1.807) is 12.3 Å². The molecule has 6 heteroatoms. The first-order chi connectivity index (χ1) is 9.73. The number of hydrogen-bond acceptors (Lipinski definition) is 3. The smallest absolute Gasteiger partial charge is 0.403 e. The van der Waals surface area contributed by atoms with Crippen LogP contribution in [0.2, 0.25) is 5.82 Å². The van der Waals surface area contributed by atoms with Crippen LogP contribution in [0.15, 0.2) is 18.3 Å². The third-order valence-corrected chi connectivity index (χ3v) is 4.92.